The molecule has 0 saturated heterocycles. The molecule has 0 heterocycles. The van der Waals surface area contributed by atoms with Crippen molar-refractivity contribution in [3.63, 3.8) is 0 Å². The summed E-state index contributed by atoms with van der Waals surface area (Å²) in [6, 6.07) is 26.9. The van der Waals surface area contributed by atoms with Crippen LogP contribution in [-0.4, -0.2) is 5.97 Å². The summed E-state index contributed by atoms with van der Waals surface area (Å²) < 4.78 is 6.11. The van der Waals surface area contributed by atoms with Gasteiger partial charge in [-0.2, -0.15) is 0 Å². The Hall–Kier alpha value is -3.39. The molecule has 2 nitrogen and oxygen atoms in total. The number of hydrogen-bond donors (Lipinski definition) is 0. The minimum Gasteiger partial charge on any atom is -0.425 e. The van der Waals surface area contributed by atoms with E-state index in [4.69, 9.17) is 4.74 Å². The lowest BCUT2D eigenvalue weighted by atomic mass is 9.92. The molecule has 160 valence electrons. The van der Waals surface area contributed by atoms with Gasteiger partial charge in [-0.1, -0.05) is 105 Å². The molecule has 0 amide bonds. The Morgan fingerprint density at radius 3 is 2.28 bits per heavy atom. The standard InChI is InChI=1S/C30H28O2/c1-2-22(20-21-10-3-4-11-21)30(31)32-28-19-18-24-13-6-8-16-26(24)29(28)27-17-9-14-23-12-5-7-15-25(23)27/h2,5-9,12-19,21-22H,1,3-4,10-11,20H2. The van der Waals surface area contributed by atoms with E-state index < -0.39 is 0 Å². The van der Waals surface area contributed by atoms with Crippen LogP contribution in [0.25, 0.3) is 32.7 Å². The van der Waals surface area contributed by atoms with Crippen molar-refractivity contribution in [2.45, 2.75) is 32.1 Å². The van der Waals surface area contributed by atoms with E-state index in [2.05, 4.69) is 55.1 Å². The van der Waals surface area contributed by atoms with Crippen LogP contribution in [-0.2, 0) is 4.79 Å². The highest BCUT2D eigenvalue weighted by molar-refractivity contribution is 6.08. The third-order valence-electron chi connectivity index (χ3n) is 6.81. The van der Waals surface area contributed by atoms with Crippen LogP contribution in [0.3, 0.4) is 0 Å². The molecule has 1 unspecified atom stereocenters. The lowest BCUT2D eigenvalue weighted by molar-refractivity contribution is -0.137. The topological polar surface area (TPSA) is 26.3 Å². The van der Waals surface area contributed by atoms with Crippen LogP contribution in [0.1, 0.15) is 32.1 Å². The molecule has 5 rings (SSSR count). The molecule has 4 aromatic carbocycles. The Balaban J connectivity index is 1.59. The zero-order valence-electron chi connectivity index (χ0n) is 18.3. The Labute approximate surface area is 189 Å². The molecule has 0 aromatic heterocycles. The first-order chi connectivity index (χ1) is 15.7. The van der Waals surface area contributed by atoms with Crippen LogP contribution in [0.4, 0.5) is 0 Å². The minimum absolute atomic E-state index is 0.205. The Morgan fingerprint density at radius 2 is 1.53 bits per heavy atom. The lowest BCUT2D eigenvalue weighted by Gasteiger charge is -2.19. The Bertz CT molecular complexity index is 1280. The maximum atomic E-state index is 13.2. The van der Waals surface area contributed by atoms with E-state index in [0.29, 0.717) is 11.7 Å². The molecular weight excluding hydrogens is 392 g/mol. The molecule has 32 heavy (non-hydrogen) atoms. The van der Waals surface area contributed by atoms with E-state index in [1.807, 2.05) is 30.3 Å². The Morgan fingerprint density at radius 1 is 0.875 bits per heavy atom. The van der Waals surface area contributed by atoms with Crippen molar-refractivity contribution in [3.05, 3.63) is 91.5 Å². The third-order valence-corrected chi connectivity index (χ3v) is 6.81. The summed E-state index contributed by atoms with van der Waals surface area (Å²) in [5.74, 6) is 0.733. The number of benzene rings is 4. The van der Waals surface area contributed by atoms with Gasteiger partial charge < -0.3 is 4.74 Å². The predicted molar refractivity (Wildman–Crippen MR) is 133 cm³/mol. The monoisotopic (exact) mass is 420 g/mol. The van der Waals surface area contributed by atoms with Crippen molar-refractivity contribution in [1.29, 1.82) is 0 Å². The second-order valence-corrected chi connectivity index (χ2v) is 8.84. The van der Waals surface area contributed by atoms with Crippen LogP contribution in [0.2, 0.25) is 0 Å². The average Bonchev–Trinajstić information content (AvgIpc) is 3.35. The van der Waals surface area contributed by atoms with Crippen LogP contribution < -0.4 is 4.74 Å². The van der Waals surface area contributed by atoms with Gasteiger partial charge in [0.2, 0.25) is 0 Å². The van der Waals surface area contributed by atoms with Crippen LogP contribution in [0.5, 0.6) is 5.75 Å². The highest BCUT2D eigenvalue weighted by Gasteiger charge is 2.25. The molecule has 1 aliphatic carbocycles. The molecule has 2 heteroatoms. The van der Waals surface area contributed by atoms with Gasteiger partial charge in [-0.05, 0) is 45.5 Å². The van der Waals surface area contributed by atoms with E-state index in [1.165, 1.54) is 31.1 Å². The van der Waals surface area contributed by atoms with Crippen LogP contribution >= 0.6 is 0 Å². The summed E-state index contributed by atoms with van der Waals surface area (Å²) >= 11 is 0. The molecule has 1 atom stereocenters. The molecule has 1 saturated carbocycles. The van der Waals surface area contributed by atoms with Crippen molar-refractivity contribution < 1.29 is 9.53 Å². The quantitative estimate of drug-likeness (QED) is 0.180. The van der Waals surface area contributed by atoms with Gasteiger partial charge in [0.15, 0.2) is 0 Å². The molecule has 0 radical (unpaired) electrons. The fourth-order valence-corrected chi connectivity index (χ4v) is 5.14. The number of carbonyl (C=O) groups excluding carboxylic acids is 1. The van der Waals surface area contributed by atoms with E-state index in [-0.39, 0.29) is 11.9 Å². The number of rotatable bonds is 6. The normalized spacial score (nSPS) is 15.1. The molecule has 1 fully saturated rings. The minimum atomic E-state index is -0.273. The number of ether oxygens (including phenoxy) is 1. The molecule has 0 aliphatic heterocycles. The Kier molecular flexibility index (Phi) is 5.77. The SMILES string of the molecule is C=CC(CC1CCCC1)C(=O)Oc1ccc2ccccc2c1-c1cccc2ccccc12. The van der Waals surface area contributed by atoms with Gasteiger partial charge in [-0.25, -0.2) is 0 Å². The van der Waals surface area contributed by atoms with Crippen molar-refractivity contribution >= 4 is 27.5 Å². The molecule has 0 spiro atoms. The molecule has 0 N–H and O–H groups in total. The van der Waals surface area contributed by atoms with Gasteiger partial charge in [-0.15, -0.1) is 6.58 Å². The summed E-state index contributed by atoms with van der Waals surface area (Å²) in [5, 5.41) is 4.52. The van der Waals surface area contributed by atoms with E-state index >= 15 is 0 Å². The smallest absolute Gasteiger partial charge is 0.318 e. The number of hydrogen-bond acceptors (Lipinski definition) is 2. The second-order valence-electron chi connectivity index (χ2n) is 8.84. The average molecular weight is 421 g/mol. The molecule has 1 aliphatic rings. The number of esters is 1. The molecular formula is C30H28O2. The predicted octanol–water partition coefficient (Wildman–Crippen LogP) is 7.95. The maximum Gasteiger partial charge on any atom is 0.318 e. The fourth-order valence-electron chi connectivity index (χ4n) is 5.14. The first kappa shape index (κ1) is 20.5. The fraction of sp³-hybridized carbons (Fsp3) is 0.233. The third kappa shape index (κ3) is 3.93. The van der Waals surface area contributed by atoms with E-state index in [9.17, 15) is 4.79 Å². The van der Waals surface area contributed by atoms with Crippen molar-refractivity contribution in [2.75, 3.05) is 0 Å². The zero-order chi connectivity index (χ0) is 21.9. The largest absolute Gasteiger partial charge is 0.425 e. The zero-order valence-corrected chi connectivity index (χ0v) is 18.3. The first-order valence-electron chi connectivity index (χ1n) is 11.6. The molecule has 4 aromatic rings. The van der Waals surface area contributed by atoms with Crippen molar-refractivity contribution in [3.8, 4) is 16.9 Å². The second kappa shape index (κ2) is 9.00. The van der Waals surface area contributed by atoms with E-state index in [1.54, 1.807) is 6.08 Å². The van der Waals surface area contributed by atoms with Gasteiger partial charge in [0.25, 0.3) is 0 Å². The van der Waals surface area contributed by atoms with E-state index in [0.717, 1.165) is 33.7 Å². The van der Waals surface area contributed by atoms with Gasteiger partial charge >= 0.3 is 5.97 Å². The van der Waals surface area contributed by atoms with Crippen molar-refractivity contribution in [1.82, 2.24) is 0 Å². The summed E-state index contributed by atoms with van der Waals surface area (Å²) in [6.45, 7) is 3.94. The highest BCUT2D eigenvalue weighted by atomic mass is 16.5. The molecule has 0 bridgehead atoms. The van der Waals surface area contributed by atoms with Crippen LogP contribution in [0.15, 0.2) is 91.5 Å². The summed E-state index contributed by atoms with van der Waals surface area (Å²) in [7, 11) is 0. The first-order valence-corrected chi connectivity index (χ1v) is 11.6. The van der Waals surface area contributed by atoms with Gasteiger partial charge in [0.05, 0.1) is 5.92 Å². The van der Waals surface area contributed by atoms with Crippen LogP contribution in [0, 0.1) is 11.8 Å². The number of carbonyl (C=O) groups is 1. The summed E-state index contributed by atoms with van der Waals surface area (Å²) in [6.07, 6.45) is 7.53. The van der Waals surface area contributed by atoms with Gasteiger partial charge in [-0.3, -0.25) is 4.79 Å². The number of fused-ring (bicyclic) bond motifs is 2. The lowest BCUT2D eigenvalue weighted by Crippen LogP contribution is -2.21. The maximum absolute atomic E-state index is 13.2. The summed E-state index contributed by atoms with van der Waals surface area (Å²) in [4.78, 5) is 13.2. The highest BCUT2D eigenvalue weighted by Crippen LogP contribution is 2.41. The summed E-state index contributed by atoms with van der Waals surface area (Å²) in [5.41, 5.74) is 2.05. The van der Waals surface area contributed by atoms with Gasteiger partial charge in [0, 0.05) is 5.56 Å². The van der Waals surface area contributed by atoms with Gasteiger partial charge in [0.1, 0.15) is 5.75 Å². The van der Waals surface area contributed by atoms with Crippen molar-refractivity contribution in [2.24, 2.45) is 11.8 Å².